The molecule has 0 saturated heterocycles. The van der Waals surface area contributed by atoms with E-state index in [-0.39, 0.29) is 0 Å². The Morgan fingerprint density at radius 2 is 1.82 bits per heavy atom. The molecule has 6 nitrogen and oxygen atoms in total. The lowest BCUT2D eigenvalue weighted by Crippen LogP contribution is -2.24. The van der Waals surface area contributed by atoms with E-state index in [1.807, 2.05) is 0 Å². The third-order valence-electron chi connectivity index (χ3n) is 2.28. The number of nitrogens with zero attached hydrogens (tertiary/aromatic N) is 4. The Hall–Kier alpha value is -0.810. The van der Waals surface area contributed by atoms with Gasteiger partial charge >= 0.3 is 0 Å². The largest absolute Gasteiger partial charge is 0.379 e. The Morgan fingerprint density at radius 3 is 2.47 bits per heavy atom. The van der Waals surface area contributed by atoms with E-state index in [1.165, 1.54) is 12.8 Å². The van der Waals surface area contributed by atoms with Crippen molar-refractivity contribution in [2.24, 2.45) is 5.11 Å². The summed E-state index contributed by atoms with van der Waals surface area (Å²) in [5, 5.41) is 3.37. The smallest absolute Gasteiger partial charge is 0.0701 e. The monoisotopic (exact) mass is 244 g/mol. The van der Waals surface area contributed by atoms with Crippen LogP contribution in [-0.2, 0) is 9.47 Å². The molecule has 0 amide bonds. The molecule has 0 radical (unpaired) electrons. The Labute approximate surface area is 104 Å². The highest BCUT2D eigenvalue weighted by atomic mass is 16.5. The number of hydrogen-bond donors (Lipinski definition) is 0. The third-order valence-corrected chi connectivity index (χ3v) is 2.28. The normalized spacial score (nSPS) is 10.5. The molecule has 0 aromatic carbocycles. The molecule has 0 unspecified atom stereocenters. The summed E-state index contributed by atoms with van der Waals surface area (Å²) in [6.45, 7) is 7.01. The summed E-state index contributed by atoms with van der Waals surface area (Å²) in [7, 11) is 2.11. The minimum absolute atomic E-state index is 0.385. The van der Waals surface area contributed by atoms with Gasteiger partial charge in [0.2, 0.25) is 0 Å². The fraction of sp³-hybridized carbons (Fsp3) is 1.00. The quantitative estimate of drug-likeness (QED) is 0.228. The van der Waals surface area contributed by atoms with Crippen LogP contribution in [0.1, 0.15) is 19.8 Å². The van der Waals surface area contributed by atoms with E-state index in [0.717, 1.165) is 19.7 Å². The molecule has 0 saturated carbocycles. The minimum atomic E-state index is 0.385. The van der Waals surface area contributed by atoms with Crippen LogP contribution in [-0.4, -0.2) is 58.0 Å². The predicted octanol–water partition coefficient (Wildman–Crippen LogP) is 2.06. The molecular formula is C11H24N4O2. The maximum atomic E-state index is 8.03. The molecule has 17 heavy (non-hydrogen) atoms. The van der Waals surface area contributed by atoms with Gasteiger partial charge in [0.05, 0.1) is 26.4 Å². The number of unbranched alkanes of at least 4 members (excludes halogenated alkanes) is 1. The Balaban J connectivity index is 3.09. The number of likely N-dealkylation sites (N-methyl/N-ethyl adjacent to an activating group) is 1. The molecule has 100 valence electrons. The van der Waals surface area contributed by atoms with Crippen molar-refractivity contribution in [3.05, 3.63) is 10.4 Å². The van der Waals surface area contributed by atoms with Crippen LogP contribution >= 0.6 is 0 Å². The summed E-state index contributed by atoms with van der Waals surface area (Å²) in [6.07, 6.45) is 2.46. The highest BCUT2D eigenvalue weighted by Gasteiger charge is 1.96. The van der Waals surface area contributed by atoms with E-state index >= 15 is 0 Å². The zero-order valence-electron chi connectivity index (χ0n) is 11.0. The van der Waals surface area contributed by atoms with Gasteiger partial charge in [0.1, 0.15) is 0 Å². The second-order valence-corrected chi connectivity index (χ2v) is 3.84. The predicted molar refractivity (Wildman–Crippen MR) is 68.1 cm³/mol. The maximum absolute atomic E-state index is 8.03. The van der Waals surface area contributed by atoms with Crippen molar-refractivity contribution in [1.82, 2.24) is 4.90 Å². The van der Waals surface area contributed by atoms with Crippen LogP contribution in [0.15, 0.2) is 5.11 Å². The average molecular weight is 244 g/mol. The van der Waals surface area contributed by atoms with Crippen LogP contribution in [0.4, 0.5) is 0 Å². The Kier molecular flexibility index (Phi) is 12.6. The molecule has 0 N–H and O–H groups in total. The first-order chi connectivity index (χ1) is 8.31. The molecule has 6 heteroatoms. The molecule has 0 spiro atoms. The summed E-state index contributed by atoms with van der Waals surface area (Å²) in [5.74, 6) is 0. The molecule has 0 aliphatic rings. The molecule has 0 rings (SSSR count). The van der Waals surface area contributed by atoms with Gasteiger partial charge in [-0.05, 0) is 25.5 Å². The Morgan fingerprint density at radius 1 is 1.12 bits per heavy atom. The summed E-state index contributed by atoms with van der Waals surface area (Å²) < 4.78 is 10.6. The van der Waals surface area contributed by atoms with E-state index in [1.54, 1.807) is 0 Å². The van der Waals surface area contributed by atoms with Gasteiger partial charge in [-0.25, -0.2) is 0 Å². The van der Waals surface area contributed by atoms with Gasteiger partial charge in [0, 0.05) is 18.0 Å². The highest BCUT2D eigenvalue weighted by molar-refractivity contribution is 4.50. The highest BCUT2D eigenvalue weighted by Crippen LogP contribution is 1.91. The fourth-order valence-electron chi connectivity index (χ4n) is 1.23. The zero-order valence-corrected chi connectivity index (χ0v) is 11.0. The van der Waals surface area contributed by atoms with Crippen molar-refractivity contribution >= 4 is 0 Å². The molecule has 0 aliphatic heterocycles. The zero-order chi connectivity index (χ0) is 12.8. The second-order valence-electron chi connectivity index (χ2n) is 3.84. The van der Waals surface area contributed by atoms with Crippen LogP contribution in [0.2, 0.25) is 0 Å². The van der Waals surface area contributed by atoms with Crippen LogP contribution in [0.3, 0.4) is 0 Å². The maximum Gasteiger partial charge on any atom is 0.0701 e. The van der Waals surface area contributed by atoms with E-state index in [0.29, 0.717) is 26.4 Å². The first kappa shape index (κ1) is 16.2. The van der Waals surface area contributed by atoms with Crippen LogP contribution < -0.4 is 0 Å². The topological polar surface area (TPSA) is 70.5 Å². The number of rotatable bonds is 12. The van der Waals surface area contributed by atoms with Crippen LogP contribution in [0, 0.1) is 0 Å². The van der Waals surface area contributed by atoms with E-state index in [9.17, 15) is 0 Å². The molecule has 0 aliphatic carbocycles. The van der Waals surface area contributed by atoms with Gasteiger partial charge in [0.15, 0.2) is 0 Å². The summed E-state index contributed by atoms with van der Waals surface area (Å²) in [4.78, 5) is 4.90. The van der Waals surface area contributed by atoms with Gasteiger partial charge in [-0.15, -0.1) is 0 Å². The molecule has 0 heterocycles. The molecular weight excluding hydrogens is 220 g/mol. The Bertz CT molecular complexity index is 208. The lowest BCUT2D eigenvalue weighted by atomic mass is 10.3. The van der Waals surface area contributed by atoms with Crippen molar-refractivity contribution in [3.63, 3.8) is 0 Å². The van der Waals surface area contributed by atoms with Crippen molar-refractivity contribution in [2.45, 2.75) is 19.8 Å². The number of azide groups is 1. The number of ether oxygens (including phenoxy) is 2. The fourth-order valence-corrected chi connectivity index (χ4v) is 1.23. The SMILES string of the molecule is CCCCN(C)CCOCCOCCN=[N+]=[N-]. The van der Waals surface area contributed by atoms with Crippen molar-refractivity contribution in [1.29, 1.82) is 0 Å². The van der Waals surface area contributed by atoms with Crippen molar-refractivity contribution in [2.75, 3.05) is 53.1 Å². The third kappa shape index (κ3) is 13.1. The van der Waals surface area contributed by atoms with Crippen LogP contribution in [0.25, 0.3) is 10.4 Å². The summed E-state index contributed by atoms with van der Waals surface area (Å²) >= 11 is 0. The van der Waals surface area contributed by atoms with Crippen molar-refractivity contribution in [3.8, 4) is 0 Å². The summed E-state index contributed by atoms with van der Waals surface area (Å²) in [6, 6.07) is 0. The van der Waals surface area contributed by atoms with E-state index < -0.39 is 0 Å². The average Bonchev–Trinajstić information content (AvgIpc) is 2.34. The van der Waals surface area contributed by atoms with Crippen molar-refractivity contribution < 1.29 is 9.47 Å². The van der Waals surface area contributed by atoms with Gasteiger partial charge in [-0.2, -0.15) is 0 Å². The molecule has 0 aromatic heterocycles. The summed E-state index contributed by atoms with van der Waals surface area (Å²) in [5.41, 5.74) is 8.03. The lowest BCUT2D eigenvalue weighted by molar-refractivity contribution is 0.0434. The first-order valence-electron chi connectivity index (χ1n) is 6.16. The minimum Gasteiger partial charge on any atom is -0.379 e. The molecule has 0 atom stereocenters. The van der Waals surface area contributed by atoms with Gasteiger partial charge in [-0.1, -0.05) is 18.5 Å². The van der Waals surface area contributed by atoms with E-state index in [2.05, 4.69) is 28.9 Å². The van der Waals surface area contributed by atoms with Crippen LogP contribution in [0.5, 0.6) is 0 Å². The molecule has 0 aromatic rings. The second kappa shape index (κ2) is 13.3. The van der Waals surface area contributed by atoms with Gasteiger partial charge < -0.3 is 14.4 Å². The molecule has 0 bridgehead atoms. The number of hydrogen-bond acceptors (Lipinski definition) is 4. The van der Waals surface area contributed by atoms with Gasteiger partial charge in [-0.3, -0.25) is 0 Å². The van der Waals surface area contributed by atoms with Gasteiger partial charge in [0.25, 0.3) is 0 Å². The van der Waals surface area contributed by atoms with E-state index in [4.69, 9.17) is 15.0 Å². The lowest BCUT2D eigenvalue weighted by Gasteiger charge is -2.15. The standard InChI is InChI=1S/C11H24N4O2/c1-3-4-6-15(2)7-9-17-11-10-16-8-5-13-14-12/h3-11H2,1-2H3. The first-order valence-corrected chi connectivity index (χ1v) is 6.16. The molecule has 0 fully saturated rings.